The van der Waals surface area contributed by atoms with Gasteiger partial charge < -0.3 is 14.0 Å². The molecule has 6 heteroatoms. The van der Waals surface area contributed by atoms with Gasteiger partial charge in [0.1, 0.15) is 0 Å². The topological polar surface area (TPSA) is 65.7 Å². The molecule has 0 spiro atoms. The summed E-state index contributed by atoms with van der Waals surface area (Å²) in [6.45, 7) is 6.19. The molecule has 1 aliphatic heterocycles. The van der Waals surface area contributed by atoms with E-state index in [1.165, 1.54) is 6.40 Å². The number of carbonyl (C=O) groups is 1. The Kier molecular flexibility index (Phi) is 3.64. The molecule has 0 bridgehead atoms. The van der Waals surface area contributed by atoms with E-state index in [2.05, 4.69) is 9.98 Å². The zero-order chi connectivity index (χ0) is 13.1. The van der Waals surface area contributed by atoms with Crippen LogP contribution in [0.15, 0.2) is 17.5 Å². The Morgan fingerprint density at radius 2 is 2.39 bits per heavy atom. The number of rotatable bonds is 4. The molecule has 18 heavy (non-hydrogen) atoms. The fourth-order valence-corrected chi connectivity index (χ4v) is 1.93. The first-order valence-corrected chi connectivity index (χ1v) is 6.00. The summed E-state index contributed by atoms with van der Waals surface area (Å²) in [5, 5.41) is 0. The maximum Gasteiger partial charge on any atom is 0.335 e. The fraction of sp³-hybridized carbons (Fsp3) is 0.583. The van der Waals surface area contributed by atoms with Crippen molar-refractivity contribution in [2.75, 3.05) is 6.61 Å². The van der Waals surface area contributed by atoms with E-state index in [4.69, 9.17) is 9.47 Å². The minimum atomic E-state index is -0.640. The number of hydrogen-bond donors (Lipinski definition) is 0. The number of carbonyl (C=O) groups excluding carboxylic acids is 1. The lowest BCUT2D eigenvalue weighted by Crippen LogP contribution is -2.28. The molecule has 0 saturated heterocycles. The Morgan fingerprint density at radius 3 is 3.06 bits per heavy atom. The summed E-state index contributed by atoms with van der Waals surface area (Å²) >= 11 is 0. The normalized spacial score (nSPS) is 22.2. The van der Waals surface area contributed by atoms with Crippen LogP contribution < -0.4 is 0 Å². The zero-order valence-corrected chi connectivity index (χ0v) is 10.7. The summed E-state index contributed by atoms with van der Waals surface area (Å²) in [5.41, 5.74) is 0.834. The van der Waals surface area contributed by atoms with Gasteiger partial charge >= 0.3 is 5.97 Å². The highest BCUT2D eigenvalue weighted by atomic mass is 16.5. The molecule has 0 aliphatic carbocycles. The Bertz CT molecular complexity index is 453. The van der Waals surface area contributed by atoms with Gasteiger partial charge in [-0.05, 0) is 20.8 Å². The molecule has 2 unspecified atom stereocenters. The molecule has 0 amide bonds. The molecule has 0 N–H and O–H groups in total. The number of nitrogens with zero attached hydrogens (tertiary/aromatic N) is 3. The average molecular weight is 251 g/mol. The summed E-state index contributed by atoms with van der Waals surface area (Å²) < 4.78 is 12.4. The van der Waals surface area contributed by atoms with Gasteiger partial charge in [-0.25, -0.2) is 14.8 Å². The van der Waals surface area contributed by atoms with Crippen molar-refractivity contribution in [3.8, 4) is 0 Å². The number of hydrogen-bond acceptors (Lipinski definition) is 5. The van der Waals surface area contributed by atoms with Crippen molar-refractivity contribution in [2.24, 2.45) is 4.99 Å². The first-order chi connectivity index (χ1) is 8.65. The van der Waals surface area contributed by atoms with Gasteiger partial charge in [0.25, 0.3) is 0 Å². The molecule has 0 aromatic carbocycles. The number of aromatic nitrogens is 2. The van der Waals surface area contributed by atoms with Crippen molar-refractivity contribution in [3.05, 3.63) is 18.2 Å². The van der Waals surface area contributed by atoms with Gasteiger partial charge in [0.2, 0.25) is 0 Å². The second-order valence-corrected chi connectivity index (χ2v) is 4.33. The summed E-state index contributed by atoms with van der Waals surface area (Å²) in [4.78, 5) is 19.9. The van der Waals surface area contributed by atoms with E-state index in [9.17, 15) is 4.79 Å². The first-order valence-electron chi connectivity index (χ1n) is 6.00. The van der Waals surface area contributed by atoms with Gasteiger partial charge in [0.05, 0.1) is 24.8 Å². The van der Waals surface area contributed by atoms with E-state index < -0.39 is 12.1 Å². The highest BCUT2D eigenvalue weighted by Gasteiger charge is 2.37. The molecule has 1 aromatic heterocycles. The highest BCUT2D eigenvalue weighted by Crippen LogP contribution is 2.29. The van der Waals surface area contributed by atoms with Crippen LogP contribution in [0.4, 0.5) is 0 Å². The molecule has 0 saturated carbocycles. The largest absolute Gasteiger partial charge is 0.471 e. The third kappa shape index (κ3) is 2.23. The molecule has 98 valence electrons. The molecule has 2 rings (SSSR count). The van der Waals surface area contributed by atoms with Crippen LogP contribution in [0, 0.1) is 0 Å². The highest BCUT2D eigenvalue weighted by molar-refractivity contribution is 5.80. The van der Waals surface area contributed by atoms with Crippen molar-refractivity contribution >= 4 is 12.4 Å². The van der Waals surface area contributed by atoms with Gasteiger partial charge in [-0.15, -0.1) is 0 Å². The molecule has 0 fully saturated rings. The molecule has 1 aromatic rings. The Balaban J connectivity index is 2.22. The van der Waals surface area contributed by atoms with Crippen LogP contribution in [0.5, 0.6) is 0 Å². The van der Waals surface area contributed by atoms with E-state index in [1.807, 2.05) is 18.4 Å². The average Bonchev–Trinajstić information content (AvgIpc) is 2.97. The molecular weight excluding hydrogens is 234 g/mol. The lowest BCUT2D eigenvalue weighted by molar-refractivity contribution is -0.146. The number of aliphatic imine (C=N–C) groups is 1. The van der Waals surface area contributed by atoms with Gasteiger partial charge in [-0.3, -0.25) is 0 Å². The van der Waals surface area contributed by atoms with Gasteiger partial charge in [-0.2, -0.15) is 0 Å². The van der Waals surface area contributed by atoms with E-state index in [0.29, 0.717) is 6.61 Å². The second kappa shape index (κ2) is 5.20. The van der Waals surface area contributed by atoms with Crippen LogP contribution in [0.1, 0.15) is 38.6 Å². The Labute approximate surface area is 106 Å². The molecule has 2 heterocycles. The van der Waals surface area contributed by atoms with Crippen LogP contribution in [0.2, 0.25) is 0 Å². The summed E-state index contributed by atoms with van der Waals surface area (Å²) in [6, 6.07) is -0.395. The van der Waals surface area contributed by atoms with Crippen molar-refractivity contribution in [1.82, 2.24) is 9.55 Å². The Morgan fingerprint density at radius 1 is 1.61 bits per heavy atom. The van der Waals surface area contributed by atoms with Crippen molar-refractivity contribution in [3.63, 3.8) is 0 Å². The summed E-state index contributed by atoms with van der Waals surface area (Å²) in [6.07, 6.45) is 4.29. The lowest BCUT2D eigenvalue weighted by Gasteiger charge is -2.19. The quantitative estimate of drug-likeness (QED) is 0.760. The SMILES string of the molecule is CCOC(=O)C1N=COC1c1cncn1C(C)C. The van der Waals surface area contributed by atoms with Crippen LogP contribution in [-0.2, 0) is 14.3 Å². The van der Waals surface area contributed by atoms with Crippen LogP contribution in [0.25, 0.3) is 0 Å². The zero-order valence-electron chi connectivity index (χ0n) is 10.7. The second-order valence-electron chi connectivity index (χ2n) is 4.33. The number of esters is 1. The summed E-state index contributed by atoms with van der Waals surface area (Å²) in [7, 11) is 0. The smallest absolute Gasteiger partial charge is 0.335 e. The third-order valence-electron chi connectivity index (χ3n) is 2.79. The van der Waals surface area contributed by atoms with Crippen LogP contribution in [0.3, 0.4) is 0 Å². The van der Waals surface area contributed by atoms with Crippen molar-refractivity contribution in [1.29, 1.82) is 0 Å². The van der Waals surface area contributed by atoms with Crippen LogP contribution in [-0.4, -0.2) is 34.6 Å². The van der Waals surface area contributed by atoms with Crippen molar-refractivity contribution in [2.45, 2.75) is 39.0 Å². The van der Waals surface area contributed by atoms with Gasteiger partial charge in [0.15, 0.2) is 18.5 Å². The molecule has 6 nitrogen and oxygen atoms in total. The maximum atomic E-state index is 11.8. The van der Waals surface area contributed by atoms with Crippen molar-refractivity contribution < 1.29 is 14.3 Å². The third-order valence-corrected chi connectivity index (χ3v) is 2.79. The number of ether oxygens (including phenoxy) is 2. The monoisotopic (exact) mass is 251 g/mol. The minimum absolute atomic E-state index is 0.245. The molecular formula is C12H17N3O3. The number of imidazole rings is 1. The van der Waals surface area contributed by atoms with E-state index >= 15 is 0 Å². The predicted molar refractivity (Wildman–Crippen MR) is 65.4 cm³/mol. The summed E-state index contributed by atoms with van der Waals surface area (Å²) in [5.74, 6) is -0.368. The molecule has 2 atom stereocenters. The van der Waals surface area contributed by atoms with Gasteiger partial charge in [-0.1, -0.05) is 0 Å². The molecule has 1 aliphatic rings. The van der Waals surface area contributed by atoms with E-state index in [1.54, 1.807) is 19.4 Å². The van der Waals surface area contributed by atoms with E-state index in [-0.39, 0.29) is 12.0 Å². The van der Waals surface area contributed by atoms with Gasteiger partial charge in [0, 0.05) is 6.04 Å². The van der Waals surface area contributed by atoms with E-state index in [0.717, 1.165) is 5.69 Å². The molecule has 0 radical (unpaired) electrons. The fourth-order valence-electron chi connectivity index (χ4n) is 1.93. The predicted octanol–water partition coefficient (Wildman–Crippen LogP) is 1.50. The van der Waals surface area contributed by atoms with Crippen LogP contribution >= 0.6 is 0 Å². The maximum absolute atomic E-state index is 11.8. The Hall–Kier alpha value is -1.85. The minimum Gasteiger partial charge on any atom is -0.471 e. The first kappa shape index (κ1) is 12.6. The lowest BCUT2D eigenvalue weighted by atomic mass is 10.1. The standard InChI is InChI=1S/C12H17N3O3/c1-4-17-12(16)10-11(18-7-14-10)9-5-13-6-15(9)8(2)3/h5-8,10-11H,4H2,1-3H3.